The minimum absolute atomic E-state index is 0.0117. The second-order valence-corrected chi connectivity index (χ2v) is 6.80. The molecule has 1 aromatic heterocycles. The summed E-state index contributed by atoms with van der Waals surface area (Å²) in [6, 6.07) is 5.57. The van der Waals surface area contributed by atoms with Crippen molar-refractivity contribution >= 4 is 23.5 Å². The molecule has 0 atom stereocenters. The Labute approximate surface area is 130 Å². The standard InChI is InChI=1S/C15H22ClN3O2/c1-15(2,3)11-21-14(20)19-9-7-18(8-10-19)13-6-4-5-12(16)17-13/h4-6H,7-11H2,1-3H3. The molecule has 0 radical (unpaired) electrons. The van der Waals surface area contributed by atoms with E-state index in [-0.39, 0.29) is 11.5 Å². The number of amides is 1. The molecular weight excluding hydrogens is 290 g/mol. The first kappa shape index (κ1) is 15.9. The Bertz CT molecular complexity index is 494. The molecule has 6 heteroatoms. The zero-order chi connectivity index (χ0) is 15.5. The molecule has 1 aliphatic heterocycles. The molecule has 0 spiro atoms. The summed E-state index contributed by atoms with van der Waals surface area (Å²) in [7, 11) is 0. The van der Waals surface area contributed by atoms with Gasteiger partial charge in [-0.1, -0.05) is 38.4 Å². The second kappa shape index (κ2) is 6.52. The van der Waals surface area contributed by atoms with E-state index in [4.69, 9.17) is 16.3 Å². The summed E-state index contributed by atoms with van der Waals surface area (Å²) >= 11 is 5.90. The maximum absolute atomic E-state index is 12.0. The number of ether oxygens (including phenoxy) is 1. The average Bonchev–Trinajstić information content (AvgIpc) is 2.44. The van der Waals surface area contributed by atoms with Crippen LogP contribution in [0, 0.1) is 5.41 Å². The average molecular weight is 312 g/mol. The highest BCUT2D eigenvalue weighted by Gasteiger charge is 2.24. The van der Waals surface area contributed by atoms with Gasteiger partial charge in [0.15, 0.2) is 0 Å². The minimum atomic E-state index is -0.233. The quantitative estimate of drug-likeness (QED) is 0.788. The Balaban J connectivity index is 1.84. The van der Waals surface area contributed by atoms with E-state index in [9.17, 15) is 4.79 Å². The predicted molar refractivity (Wildman–Crippen MR) is 83.8 cm³/mol. The number of hydrogen-bond donors (Lipinski definition) is 0. The lowest BCUT2D eigenvalue weighted by atomic mass is 9.99. The molecule has 2 heterocycles. The summed E-state index contributed by atoms with van der Waals surface area (Å²) in [4.78, 5) is 20.1. The van der Waals surface area contributed by atoms with Crippen LogP contribution in [-0.2, 0) is 4.74 Å². The van der Waals surface area contributed by atoms with Gasteiger partial charge in [-0.25, -0.2) is 9.78 Å². The van der Waals surface area contributed by atoms with Gasteiger partial charge in [-0.3, -0.25) is 0 Å². The van der Waals surface area contributed by atoms with Crippen LogP contribution < -0.4 is 4.90 Å². The van der Waals surface area contributed by atoms with Crippen LogP contribution in [0.4, 0.5) is 10.6 Å². The summed E-state index contributed by atoms with van der Waals surface area (Å²) < 4.78 is 5.34. The Hall–Kier alpha value is -1.49. The molecule has 0 aliphatic carbocycles. The zero-order valence-corrected chi connectivity index (χ0v) is 13.6. The van der Waals surface area contributed by atoms with Gasteiger partial charge in [-0.15, -0.1) is 0 Å². The first-order chi connectivity index (χ1) is 9.85. The van der Waals surface area contributed by atoms with Crippen molar-refractivity contribution in [3.05, 3.63) is 23.4 Å². The van der Waals surface area contributed by atoms with Gasteiger partial charge in [0, 0.05) is 26.2 Å². The summed E-state index contributed by atoms with van der Waals surface area (Å²) in [6.45, 7) is 9.31. The van der Waals surface area contributed by atoms with E-state index >= 15 is 0 Å². The van der Waals surface area contributed by atoms with Crippen molar-refractivity contribution in [1.29, 1.82) is 0 Å². The molecule has 116 valence electrons. The van der Waals surface area contributed by atoms with E-state index in [1.54, 1.807) is 11.0 Å². The van der Waals surface area contributed by atoms with Gasteiger partial charge in [0.1, 0.15) is 11.0 Å². The van der Waals surface area contributed by atoms with Crippen LogP contribution in [0.5, 0.6) is 0 Å². The number of pyridine rings is 1. The first-order valence-electron chi connectivity index (χ1n) is 7.14. The molecule has 2 rings (SSSR count). The molecular formula is C15H22ClN3O2. The summed E-state index contributed by atoms with van der Waals surface area (Å²) in [5.74, 6) is 0.852. The topological polar surface area (TPSA) is 45.7 Å². The number of carbonyl (C=O) groups is 1. The molecule has 1 amide bonds. The van der Waals surface area contributed by atoms with Crippen molar-refractivity contribution in [2.75, 3.05) is 37.7 Å². The fraction of sp³-hybridized carbons (Fsp3) is 0.600. The van der Waals surface area contributed by atoms with Gasteiger partial charge in [0.2, 0.25) is 0 Å². The van der Waals surface area contributed by atoms with Crippen LogP contribution in [0.3, 0.4) is 0 Å². The number of nitrogens with zero attached hydrogens (tertiary/aromatic N) is 3. The van der Waals surface area contributed by atoms with Crippen molar-refractivity contribution < 1.29 is 9.53 Å². The SMILES string of the molecule is CC(C)(C)COC(=O)N1CCN(c2cccc(Cl)n2)CC1. The molecule has 0 unspecified atom stereocenters. The third-order valence-corrected chi connectivity index (χ3v) is 3.40. The monoisotopic (exact) mass is 311 g/mol. The second-order valence-electron chi connectivity index (χ2n) is 6.41. The van der Waals surface area contributed by atoms with Crippen molar-refractivity contribution in [2.45, 2.75) is 20.8 Å². The largest absolute Gasteiger partial charge is 0.449 e. The van der Waals surface area contributed by atoms with Gasteiger partial charge >= 0.3 is 6.09 Å². The molecule has 0 bridgehead atoms. The van der Waals surface area contributed by atoms with Crippen LogP contribution in [0.1, 0.15) is 20.8 Å². The number of hydrogen-bond acceptors (Lipinski definition) is 4. The van der Waals surface area contributed by atoms with Crippen molar-refractivity contribution in [1.82, 2.24) is 9.88 Å². The lowest BCUT2D eigenvalue weighted by Crippen LogP contribution is -2.49. The molecule has 1 aliphatic rings. The number of aromatic nitrogens is 1. The third-order valence-electron chi connectivity index (χ3n) is 3.19. The van der Waals surface area contributed by atoms with Crippen molar-refractivity contribution in [3.63, 3.8) is 0 Å². The van der Waals surface area contributed by atoms with E-state index < -0.39 is 0 Å². The van der Waals surface area contributed by atoms with Gasteiger partial charge in [-0.05, 0) is 17.5 Å². The fourth-order valence-corrected chi connectivity index (χ4v) is 2.22. The highest BCUT2D eigenvalue weighted by atomic mass is 35.5. The molecule has 1 fully saturated rings. The Morgan fingerprint density at radius 1 is 1.29 bits per heavy atom. The minimum Gasteiger partial charge on any atom is -0.449 e. The first-order valence-corrected chi connectivity index (χ1v) is 7.52. The third kappa shape index (κ3) is 4.77. The van der Waals surface area contributed by atoms with Gasteiger partial charge < -0.3 is 14.5 Å². The number of anilines is 1. The van der Waals surface area contributed by atoms with Gasteiger partial charge in [0.25, 0.3) is 0 Å². The highest BCUT2D eigenvalue weighted by molar-refractivity contribution is 6.29. The zero-order valence-electron chi connectivity index (χ0n) is 12.8. The molecule has 1 aromatic rings. The van der Waals surface area contributed by atoms with Gasteiger partial charge in [-0.2, -0.15) is 0 Å². The lowest BCUT2D eigenvalue weighted by Gasteiger charge is -2.35. The van der Waals surface area contributed by atoms with Crippen LogP contribution in [0.25, 0.3) is 0 Å². The predicted octanol–water partition coefficient (Wildman–Crippen LogP) is 3.04. The highest BCUT2D eigenvalue weighted by Crippen LogP contribution is 2.18. The van der Waals surface area contributed by atoms with Crippen molar-refractivity contribution in [3.8, 4) is 0 Å². The van der Waals surface area contributed by atoms with Crippen molar-refractivity contribution in [2.24, 2.45) is 5.41 Å². The molecule has 1 saturated heterocycles. The van der Waals surface area contributed by atoms with E-state index in [1.165, 1.54) is 0 Å². The maximum atomic E-state index is 12.0. The number of rotatable bonds is 2. The summed E-state index contributed by atoms with van der Waals surface area (Å²) in [5.41, 5.74) is -0.0117. The van der Waals surface area contributed by atoms with Crippen LogP contribution in [0.15, 0.2) is 18.2 Å². The molecule has 5 nitrogen and oxygen atoms in total. The summed E-state index contributed by atoms with van der Waals surface area (Å²) in [6.07, 6.45) is -0.233. The number of halogens is 1. The van der Waals surface area contributed by atoms with E-state index in [1.807, 2.05) is 32.9 Å². The molecule has 21 heavy (non-hydrogen) atoms. The molecule has 0 aromatic carbocycles. The smallest absolute Gasteiger partial charge is 0.409 e. The Morgan fingerprint density at radius 2 is 1.95 bits per heavy atom. The fourth-order valence-electron chi connectivity index (χ4n) is 2.06. The maximum Gasteiger partial charge on any atom is 0.409 e. The number of carbonyl (C=O) groups excluding carboxylic acids is 1. The van der Waals surface area contributed by atoms with E-state index in [2.05, 4.69) is 9.88 Å². The van der Waals surface area contributed by atoms with E-state index in [0.29, 0.717) is 24.8 Å². The van der Waals surface area contributed by atoms with Crippen LogP contribution in [0.2, 0.25) is 5.15 Å². The number of piperazine rings is 1. The normalized spacial score (nSPS) is 16.0. The van der Waals surface area contributed by atoms with Crippen LogP contribution >= 0.6 is 11.6 Å². The Morgan fingerprint density at radius 3 is 2.52 bits per heavy atom. The molecule has 0 N–H and O–H groups in total. The van der Waals surface area contributed by atoms with E-state index in [0.717, 1.165) is 18.9 Å². The van der Waals surface area contributed by atoms with Gasteiger partial charge in [0.05, 0.1) is 6.61 Å². The molecule has 0 saturated carbocycles. The van der Waals surface area contributed by atoms with Crippen LogP contribution in [-0.4, -0.2) is 48.8 Å². The Kier molecular flexibility index (Phi) is 4.93. The summed E-state index contributed by atoms with van der Waals surface area (Å²) in [5, 5.41) is 0.486. The lowest BCUT2D eigenvalue weighted by molar-refractivity contribution is 0.0707.